The second-order valence-electron chi connectivity index (χ2n) is 7.07. The number of hydrogen-bond acceptors (Lipinski definition) is 5. The Kier molecular flexibility index (Phi) is 4.81. The van der Waals surface area contributed by atoms with Crippen molar-refractivity contribution in [3.05, 3.63) is 29.8 Å². The second kappa shape index (κ2) is 7.19. The van der Waals surface area contributed by atoms with Crippen LogP contribution in [0.25, 0.3) is 10.6 Å². The maximum absolute atomic E-state index is 4.46. The minimum atomic E-state index is 0.783. The van der Waals surface area contributed by atoms with E-state index >= 15 is 0 Å². The van der Waals surface area contributed by atoms with Crippen LogP contribution >= 0.6 is 11.3 Å². The molecule has 24 heavy (non-hydrogen) atoms. The Balaban J connectivity index is 1.38. The molecule has 0 unspecified atom stereocenters. The molecule has 2 aromatic rings. The van der Waals surface area contributed by atoms with Crippen molar-refractivity contribution in [1.29, 1.82) is 0 Å². The van der Waals surface area contributed by atoms with E-state index in [1.54, 1.807) is 11.3 Å². The molecule has 2 saturated heterocycles. The van der Waals surface area contributed by atoms with E-state index in [-0.39, 0.29) is 0 Å². The van der Waals surface area contributed by atoms with E-state index in [1.165, 1.54) is 56.3 Å². The highest BCUT2D eigenvalue weighted by Gasteiger charge is 2.27. The van der Waals surface area contributed by atoms with Gasteiger partial charge in [-0.05, 0) is 45.7 Å². The van der Waals surface area contributed by atoms with Gasteiger partial charge in [0.05, 0.1) is 0 Å². The van der Waals surface area contributed by atoms with Gasteiger partial charge in [-0.2, -0.15) is 0 Å². The third kappa shape index (κ3) is 3.47. The zero-order valence-corrected chi connectivity index (χ0v) is 15.3. The number of nitrogens with zero attached hydrogens (tertiary/aromatic N) is 4. The zero-order valence-electron chi connectivity index (χ0n) is 14.4. The van der Waals surface area contributed by atoms with Crippen molar-refractivity contribution < 1.29 is 0 Å². The van der Waals surface area contributed by atoms with Crippen molar-refractivity contribution in [2.75, 3.05) is 31.1 Å². The maximum atomic E-state index is 4.46. The molecule has 1 aromatic heterocycles. The summed E-state index contributed by atoms with van der Waals surface area (Å²) < 4.78 is 0. The maximum Gasteiger partial charge on any atom is 0.208 e. The van der Waals surface area contributed by atoms with Crippen molar-refractivity contribution in [3.63, 3.8) is 0 Å². The van der Waals surface area contributed by atoms with E-state index in [4.69, 9.17) is 0 Å². The van der Waals surface area contributed by atoms with Gasteiger partial charge in [-0.15, -0.1) is 10.2 Å². The number of likely N-dealkylation sites (tertiary alicyclic amines) is 1. The summed E-state index contributed by atoms with van der Waals surface area (Å²) in [5.41, 5.74) is 2.45. The van der Waals surface area contributed by atoms with Gasteiger partial charge in [0.15, 0.2) is 0 Å². The molecule has 4 rings (SSSR count). The van der Waals surface area contributed by atoms with Crippen molar-refractivity contribution in [1.82, 2.24) is 15.1 Å². The van der Waals surface area contributed by atoms with Gasteiger partial charge in [-0.1, -0.05) is 47.6 Å². The molecule has 0 amide bonds. The van der Waals surface area contributed by atoms with Crippen LogP contribution in [0.5, 0.6) is 0 Å². The first kappa shape index (κ1) is 16.0. The van der Waals surface area contributed by atoms with E-state index in [2.05, 4.69) is 51.2 Å². The summed E-state index contributed by atoms with van der Waals surface area (Å²) in [5.74, 6) is 0. The largest absolute Gasteiger partial charge is 0.347 e. The Hall–Kier alpha value is -1.46. The molecule has 0 bridgehead atoms. The lowest BCUT2D eigenvalue weighted by Gasteiger charge is -2.40. The number of rotatable bonds is 3. The Labute approximate surface area is 148 Å². The van der Waals surface area contributed by atoms with Crippen LogP contribution in [0, 0.1) is 6.92 Å². The van der Waals surface area contributed by atoms with Crippen LogP contribution in [-0.2, 0) is 0 Å². The summed E-state index contributed by atoms with van der Waals surface area (Å²) in [6.07, 6.45) is 6.72. The van der Waals surface area contributed by atoms with Crippen LogP contribution in [0.15, 0.2) is 24.3 Å². The predicted molar refractivity (Wildman–Crippen MR) is 101 cm³/mol. The van der Waals surface area contributed by atoms with Crippen LogP contribution in [0.4, 0.5) is 5.13 Å². The van der Waals surface area contributed by atoms with Gasteiger partial charge < -0.3 is 9.80 Å². The number of benzene rings is 1. The fourth-order valence-corrected chi connectivity index (χ4v) is 4.76. The molecule has 128 valence electrons. The number of aryl methyl sites for hydroxylation is 1. The molecule has 1 aromatic carbocycles. The number of hydrogen-bond donors (Lipinski definition) is 0. The van der Waals surface area contributed by atoms with Gasteiger partial charge in [0.25, 0.3) is 0 Å². The van der Waals surface area contributed by atoms with Crippen LogP contribution in [0.1, 0.15) is 37.7 Å². The molecular weight excluding hydrogens is 316 g/mol. The number of piperidine rings is 2. The molecule has 0 saturated carbocycles. The third-order valence-electron chi connectivity index (χ3n) is 5.35. The molecule has 3 heterocycles. The number of anilines is 1. The van der Waals surface area contributed by atoms with E-state index in [1.807, 2.05) is 0 Å². The predicted octanol–water partition coefficient (Wildman–Crippen LogP) is 3.97. The smallest absolute Gasteiger partial charge is 0.208 e. The van der Waals surface area contributed by atoms with Gasteiger partial charge >= 0.3 is 0 Å². The lowest BCUT2D eigenvalue weighted by Crippen LogP contribution is -2.46. The zero-order chi connectivity index (χ0) is 16.4. The highest BCUT2D eigenvalue weighted by atomic mass is 32.1. The Morgan fingerprint density at radius 1 is 0.917 bits per heavy atom. The van der Waals surface area contributed by atoms with Crippen LogP contribution in [0.2, 0.25) is 0 Å². The molecule has 0 aliphatic carbocycles. The first-order chi connectivity index (χ1) is 11.8. The fraction of sp³-hybridized carbons (Fsp3) is 0.579. The normalized spacial score (nSPS) is 20.5. The SMILES string of the molecule is Cc1ccc(-c2nnc(N3CCC(N4CCCCC4)CC3)s2)cc1. The van der Waals surface area contributed by atoms with Crippen molar-refractivity contribution >= 4 is 16.5 Å². The molecule has 0 radical (unpaired) electrons. The second-order valence-corrected chi connectivity index (χ2v) is 8.03. The third-order valence-corrected chi connectivity index (χ3v) is 6.39. The first-order valence-corrected chi connectivity index (χ1v) is 10.0. The first-order valence-electron chi connectivity index (χ1n) is 9.19. The molecule has 0 N–H and O–H groups in total. The quantitative estimate of drug-likeness (QED) is 0.845. The van der Waals surface area contributed by atoms with Gasteiger partial charge in [0, 0.05) is 24.7 Å². The van der Waals surface area contributed by atoms with Crippen LogP contribution < -0.4 is 4.90 Å². The van der Waals surface area contributed by atoms with Gasteiger partial charge in [-0.3, -0.25) is 0 Å². The minimum Gasteiger partial charge on any atom is -0.347 e. The van der Waals surface area contributed by atoms with E-state index in [0.717, 1.165) is 29.3 Å². The van der Waals surface area contributed by atoms with E-state index in [0.29, 0.717) is 0 Å². The van der Waals surface area contributed by atoms with Crippen molar-refractivity contribution in [2.24, 2.45) is 0 Å². The van der Waals surface area contributed by atoms with Crippen LogP contribution in [-0.4, -0.2) is 47.3 Å². The van der Waals surface area contributed by atoms with Crippen molar-refractivity contribution in [2.45, 2.75) is 45.1 Å². The summed E-state index contributed by atoms with van der Waals surface area (Å²) >= 11 is 1.73. The van der Waals surface area contributed by atoms with Gasteiger partial charge in [-0.25, -0.2) is 0 Å². The number of aromatic nitrogens is 2. The van der Waals surface area contributed by atoms with Crippen molar-refractivity contribution in [3.8, 4) is 10.6 Å². The average molecular weight is 343 g/mol. The van der Waals surface area contributed by atoms with Gasteiger partial charge in [0.2, 0.25) is 5.13 Å². The average Bonchev–Trinajstić information content (AvgIpc) is 3.13. The molecule has 2 aliphatic heterocycles. The molecule has 2 aliphatic rings. The molecular formula is C19H26N4S. The minimum absolute atomic E-state index is 0.783. The monoisotopic (exact) mass is 342 g/mol. The highest BCUT2D eigenvalue weighted by Crippen LogP contribution is 2.31. The molecule has 0 spiro atoms. The standard InChI is InChI=1S/C19H26N4S/c1-15-5-7-16(8-6-15)18-20-21-19(24-18)23-13-9-17(10-14-23)22-11-3-2-4-12-22/h5-8,17H,2-4,9-14H2,1H3. The Morgan fingerprint density at radius 2 is 1.62 bits per heavy atom. The highest BCUT2D eigenvalue weighted by molar-refractivity contribution is 7.18. The summed E-state index contributed by atoms with van der Waals surface area (Å²) in [7, 11) is 0. The topological polar surface area (TPSA) is 32.3 Å². The fourth-order valence-electron chi connectivity index (χ4n) is 3.86. The van der Waals surface area contributed by atoms with Crippen LogP contribution in [0.3, 0.4) is 0 Å². The molecule has 2 fully saturated rings. The van der Waals surface area contributed by atoms with E-state index in [9.17, 15) is 0 Å². The lowest BCUT2D eigenvalue weighted by molar-refractivity contribution is 0.141. The summed E-state index contributed by atoms with van der Waals surface area (Å²) in [4.78, 5) is 5.15. The summed E-state index contributed by atoms with van der Waals surface area (Å²) in [6.45, 7) is 6.96. The molecule has 4 nitrogen and oxygen atoms in total. The Morgan fingerprint density at radius 3 is 2.33 bits per heavy atom. The molecule has 0 atom stereocenters. The lowest BCUT2D eigenvalue weighted by atomic mass is 10.0. The van der Waals surface area contributed by atoms with E-state index < -0.39 is 0 Å². The van der Waals surface area contributed by atoms with Gasteiger partial charge in [0.1, 0.15) is 5.01 Å². The molecule has 5 heteroatoms. The summed E-state index contributed by atoms with van der Waals surface area (Å²) in [5, 5.41) is 11.0. The Bertz CT molecular complexity index is 652. The summed E-state index contributed by atoms with van der Waals surface area (Å²) in [6, 6.07) is 9.34.